The van der Waals surface area contributed by atoms with Crippen LogP contribution < -0.4 is 9.62 Å². The number of halogens is 2. The molecule has 2 aromatic rings. The predicted molar refractivity (Wildman–Crippen MR) is 131 cm³/mol. The van der Waals surface area contributed by atoms with Gasteiger partial charge in [0, 0.05) is 26.1 Å². The molecule has 0 unspecified atom stereocenters. The van der Waals surface area contributed by atoms with Crippen molar-refractivity contribution in [2.75, 3.05) is 30.2 Å². The van der Waals surface area contributed by atoms with E-state index < -0.39 is 10.0 Å². The number of sulfonamides is 1. The summed E-state index contributed by atoms with van der Waals surface area (Å²) in [6.45, 7) is 3.93. The van der Waals surface area contributed by atoms with Gasteiger partial charge in [0.1, 0.15) is 0 Å². The van der Waals surface area contributed by atoms with Crippen molar-refractivity contribution in [2.45, 2.75) is 38.8 Å². The van der Waals surface area contributed by atoms with Crippen LogP contribution in [0, 0.1) is 0 Å². The minimum atomic E-state index is -3.52. The predicted octanol–water partition coefficient (Wildman–Crippen LogP) is 4.45. The van der Waals surface area contributed by atoms with E-state index in [2.05, 4.69) is 22.3 Å². The molecule has 1 aliphatic heterocycles. The first kappa shape index (κ1) is 24.8. The van der Waals surface area contributed by atoms with Crippen LogP contribution in [0.3, 0.4) is 0 Å². The molecule has 1 heterocycles. The Kier molecular flexibility index (Phi) is 8.82. The van der Waals surface area contributed by atoms with E-state index in [0.717, 1.165) is 18.4 Å². The van der Waals surface area contributed by atoms with E-state index in [1.807, 2.05) is 12.1 Å². The summed E-state index contributed by atoms with van der Waals surface area (Å²) in [6, 6.07) is 13.0. The highest BCUT2D eigenvalue weighted by Crippen LogP contribution is 2.28. The first-order valence-electron chi connectivity index (χ1n) is 10.7. The van der Waals surface area contributed by atoms with E-state index in [4.69, 9.17) is 23.2 Å². The quantitative estimate of drug-likeness (QED) is 0.526. The first-order valence-corrected chi connectivity index (χ1v) is 13.3. The monoisotopic (exact) mass is 497 g/mol. The fraction of sp³-hybridized carbons (Fsp3) is 0.435. The van der Waals surface area contributed by atoms with Crippen LogP contribution >= 0.6 is 23.2 Å². The van der Waals surface area contributed by atoms with E-state index in [-0.39, 0.29) is 23.9 Å². The van der Waals surface area contributed by atoms with E-state index in [1.54, 1.807) is 12.1 Å². The number of nitrogens with one attached hydrogen (secondary N) is 1. The van der Waals surface area contributed by atoms with E-state index >= 15 is 0 Å². The molecular formula is C23H29Cl2N3O3S. The molecule has 6 nitrogen and oxygen atoms in total. The molecular weight excluding hydrogens is 469 g/mol. The second-order valence-corrected chi connectivity index (χ2v) is 10.8. The fourth-order valence-electron chi connectivity index (χ4n) is 3.76. The average molecular weight is 498 g/mol. The summed E-state index contributed by atoms with van der Waals surface area (Å²) >= 11 is 11.9. The Hall–Kier alpha value is -1.80. The van der Waals surface area contributed by atoms with Gasteiger partial charge < -0.3 is 5.32 Å². The molecule has 1 fully saturated rings. The van der Waals surface area contributed by atoms with Crippen LogP contribution in [-0.2, 0) is 27.9 Å². The Bertz CT molecular complexity index is 1020. The molecule has 0 spiro atoms. The SMILES string of the molecule is CS(=O)(=O)N(CCCC(=O)NCc1ccc(CN2CCCC2)cc1)c1ccc(Cl)c(Cl)c1. The number of amides is 1. The third-order valence-corrected chi connectivity index (χ3v) is 7.41. The van der Waals surface area contributed by atoms with Crippen molar-refractivity contribution in [3.63, 3.8) is 0 Å². The Morgan fingerprint density at radius 1 is 1.03 bits per heavy atom. The van der Waals surface area contributed by atoms with Gasteiger partial charge in [-0.15, -0.1) is 0 Å². The van der Waals surface area contributed by atoms with Crippen molar-refractivity contribution in [1.29, 1.82) is 0 Å². The lowest BCUT2D eigenvalue weighted by atomic mass is 10.1. The lowest BCUT2D eigenvalue weighted by molar-refractivity contribution is -0.121. The Balaban J connectivity index is 1.45. The smallest absolute Gasteiger partial charge is 0.232 e. The summed E-state index contributed by atoms with van der Waals surface area (Å²) < 4.78 is 25.6. The van der Waals surface area contributed by atoms with Gasteiger partial charge in [0.15, 0.2) is 0 Å². The molecule has 0 aromatic heterocycles. The number of hydrogen-bond donors (Lipinski definition) is 1. The summed E-state index contributed by atoms with van der Waals surface area (Å²) in [5.74, 6) is -0.117. The number of likely N-dealkylation sites (tertiary alicyclic amines) is 1. The lowest BCUT2D eigenvalue weighted by Gasteiger charge is -2.22. The van der Waals surface area contributed by atoms with Crippen molar-refractivity contribution in [2.24, 2.45) is 0 Å². The second-order valence-electron chi connectivity index (χ2n) is 8.11. The van der Waals surface area contributed by atoms with Crippen molar-refractivity contribution < 1.29 is 13.2 Å². The van der Waals surface area contributed by atoms with E-state index in [9.17, 15) is 13.2 Å². The second kappa shape index (κ2) is 11.4. The molecule has 9 heteroatoms. The van der Waals surface area contributed by atoms with Gasteiger partial charge in [-0.2, -0.15) is 0 Å². The van der Waals surface area contributed by atoms with Crippen LogP contribution in [-0.4, -0.2) is 45.1 Å². The van der Waals surface area contributed by atoms with E-state index in [1.165, 1.54) is 41.9 Å². The van der Waals surface area contributed by atoms with Crippen molar-refractivity contribution in [1.82, 2.24) is 10.2 Å². The summed E-state index contributed by atoms with van der Waals surface area (Å²) in [7, 11) is -3.52. The maximum Gasteiger partial charge on any atom is 0.232 e. The molecule has 1 N–H and O–H groups in total. The highest BCUT2D eigenvalue weighted by Gasteiger charge is 2.18. The molecule has 0 atom stereocenters. The number of nitrogens with zero attached hydrogens (tertiary/aromatic N) is 2. The lowest BCUT2D eigenvalue weighted by Crippen LogP contribution is -2.32. The summed E-state index contributed by atoms with van der Waals surface area (Å²) in [6.07, 6.45) is 4.29. The van der Waals surface area contributed by atoms with Gasteiger partial charge >= 0.3 is 0 Å². The number of anilines is 1. The summed E-state index contributed by atoms with van der Waals surface area (Å²) in [5, 5.41) is 3.54. The maximum atomic E-state index is 12.3. The van der Waals surface area contributed by atoms with Crippen LogP contribution in [0.15, 0.2) is 42.5 Å². The zero-order valence-electron chi connectivity index (χ0n) is 18.2. The number of rotatable bonds is 10. The molecule has 0 bridgehead atoms. The topological polar surface area (TPSA) is 69.7 Å². The molecule has 0 aliphatic carbocycles. The van der Waals surface area contributed by atoms with Crippen LogP contribution in [0.5, 0.6) is 0 Å². The molecule has 174 valence electrons. The molecule has 1 amide bonds. The van der Waals surface area contributed by atoms with Gasteiger partial charge in [0.25, 0.3) is 0 Å². The Morgan fingerprint density at radius 3 is 2.31 bits per heavy atom. The minimum absolute atomic E-state index is 0.117. The third-order valence-electron chi connectivity index (χ3n) is 5.47. The standard InChI is InChI=1S/C23H29Cl2N3O3S/c1-32(30,31)28(20-10-11-21(24)22(25)15-20)14-4-5-23(29)26-16-18-6-8-19(9-7-18)17-27-12-2-3-13-27/h6-11,15H,2-5,12-14,16-17H2,1H3,(H,26,29). The van der Waals surface area contributed by atoms with Crippen LogP contribution in [0.1, 0.15) is 36.8 Å². The molecule has 32 heavy (non-hydrogen) atoms. The number of carbonyl (C=O) groups excluding carboxylic acids is 1. The summed E-state index contributed by atoms with van der Waals surface area (Å²) in [4.78, 5) is 14.7. The van der Waals surface area contributed by atoms with Crippen LogP contribution in [0.25, 0.3) is 0 Å². The van der Waals surface area contributed by atoms with Gasteiger partial charge in [0.05, 0.1) is 22.0 Å². The van der Waals surface area contributed by atoms with Gasteiger partial charge in [-0.3, -0.25) is 14.0 Å². The Labute approximate surface area is 200 Å². The van der Waals surface area contributed by atoms with Gasteiger partial charge in [0.2, 0.25) is 15.9 Å². The highest BCUT2D eigenvalue weighted by atomic mass is 35.5. The molecule has 1 aliphatic rings. The van der Waals surface area contributed by atoms with Gasteiger partial charge in [-0.05, 0) is 61.7 Å². The molecule has 2 aromatic carbocycles. The number of carbonyl (C=O) groups is 1. The van der Waals surface area contributed by atoms with Crippen molar-refractivity contribution in [3.8, 4) is 0 Å². The number of benzene rings is 2. The summed E-state index contributed by atoms with van der Waals surface area (Å²) in [5.41, 5.74) is 2.75. The van der Waals surface area contributed by atoms with E-state index in [0.29, 0.717) is 23.7 Å². The molecule has 0 saturated carbocycles. The van der Waals surface area contributed by atoms with Crippen LogP contribution in [0.4, 0.5) is 5.69 Å². The average Bonchev–Trinajstić information content (AvgIpc) is 3.25. The fourth-order valence-corrected chi connectivity index (χ4v) is 5.01. The maximum absolute atomic E-state index is 12.3. The largest absolute Gasteiger partial charge is 0.352 e. The minimum Gasteiger partial charge on any atom is -0.352 e. The zero-order chi connectivity index (χ0) is 23.1. The Morgan fingerprint density at radius 2 is 1.69 bits per heavy atom. The van der Waals surface area contributed by atoms with Crippen LogP contribution in [0.2, 0.25) is 10.0 Å². The number of hydrogen-bond acceptors (Lipinski definition) is 4. The zero-order valence-corrected chi connectivity index (χ0v) is 20.5. The molecule has 1 saturated heterocycles. The van der Waals surface area contributed by atoms with Crippen molar-refractivity contribution >= 4 is 44.8 Å². The van der Waals surface area contributed by atoms with Gasteiger partial charge in [-0.25, -0.2) is 8.42 Å². The van der Waals surface area contributed by atoms with Gasteiger partial charge in [-0.1, -0.05) is 47.5 Å². The third kappa shape index (κ3) is 7.37. The van der Waals surface area contributed by atoms with Crippen molar-refractivity contribution in [3.05, 3.63) is 63.6 Å². The normalized spacial score (nSPS) is 14.5. The first-order chi connectivity index (χ1) is 15.2. The highest BCUT2D eigenvalue weighted by molar-refractivity contribution is 7.92. The molecule has 0 radical (unpaired) electrons. The molecule has 3 rings (SSSR count).